The van der Waals surface area contributed by atoms with Gasteiger partial charge in [-0.15, -0.1) is 11.3 Å². The van der Waals surface area contributed by atoms with Crippen molar-refractivity contribution in [2.24, 2.45) is 0 Å². The first-order valence-electron chi connectivity index (χ1n) is 12.7. The summed E-state index contributed by atoms with van der Waals surface area (Å²) < 4.78 is 0. The number of thiophene rings is 1. The zero-order valence-electron chi connectivity index (χ0n) is 22.0. The number of rotatable bonds is 7. The number of nitrogens with one attached hydrogen (secondary N) is 1. The Kier molecular flexibility index (Phi) is 7.23. The Hall–Kier alpha value is -3.00. The summed E-state index contributed by atoms with van der Waals surface area (Å²) >= 11 is 1.85. The molecule has 7 heteroatoms. The van der Waals surface area contributed by atoms with E-state index in [1.54, 1.807) is 0 Å². The first kappa shape index (κ1) is 24.7. The van der Waals surface area contributed by atoms with Crippen molar-refractivity contribution in [1.82, 2.24) is 19.8 Å². The summed E-state index contributed by atoms with van der Waals surface area (Å²) in [5.41, 5.74) is 4.90. The molecule has 0 radical (unpaired) electrons. The number of benzene rings is 2. The Morgan fingerprint density at radius 3 is 2.56 bits per heavy atom. The molecule has 0 aliphatic carbocycles. The maximum Gasteiger partial charge on any atom is 0.138 e. The number of piperazine rings is 1. The molecular weight excluding hydrogens is 464 g/mol. The lowest BCUT2D eigenvalue weighted by Gasteiger charge is -2.34. The summed E-state index contributed by atoms with van der Waals surface area (Å²) in [6.45, 7) is 9.37. The van der Waals surface area contributed by atoms with Crippen molar-refractivity contribution in [2.75, 3.05) is 57.5 Å². The summed E-state index contributed by atoms with van der Waals surface area (Å²) in [6.07, 6.45) is 0. The summed E-state index contributed by atoms with van der Waals surface area (Å²) in [6, 6.07) is 19.9. The van der Waals surface area contributed by atoms with Gasteiger partial charge in [0.25, 0.3) is 0 Å². The normalized spacial score (nSPS) is 15.6. The molecule has 5 rings (SSSR count). The van der Waals surface area contributed by atoms with Crippen LogP contribution in [0.2, 0.25) is 0 Å². The van der Waals surface area contributed by atoms with E-state index in [-0.39, 0.29) is 6.04 Å². The molecule has 1 aliphatic rings. The van der Waals surface area contributed by atoms with Gasteiger partial charge in [0, 0.05) is 53.6 Å². The van der Waals surface area contributed by atoms with Crippen molar-refractivity contribution in [3.8, 4) is 10.4 Å². The van der Waals surface area contributed by atoms with Crippen molar-refractivity contribution < 1.29 is 0 Å². The standard InChI is InChI=1S/C29H36N6S/c1-20(27-12-13-28(36-27)24-9-7-6-8-22(24)19-33(3)4)30-29-25-18-23(35-16-14-34(5)15-17-35)10-11-26(25)31-21(2)32-29/h6-13,18,20H,14-17,19H2,1-5H3,(H,30,31,32). The van der Waals surface area contributed by atoms with Gasteiger partial charge in [0.1, 0.15) is 11.6 Å². The van der Waals surface area contributed by atoms with Crippen molar-refractivity contribution in [3.63, 3.8) is 0 Å². The molecule has 1 saturated heterocycles. The van der Waals surface area contributed by atoms with Gasteiger partial charge in [0.15, 0.2) is 0 Å². The summed E-state index contributed by atoms with van der Waals surface area (Å²) in [4.78, 5) is 19.2. The van der Waals surface area contributed by atoms with Crippen LogP contribution in [0.25, 0.3) is 21.3 Å². The number of likely N-dealkylation sites (N-methyl/N-ethyl adjacent to an activating group) is 1. The van der Waals surface area contributed by atoms with Gasteiger partial charge in [0.05, 0.1) is 11.6 Å². The minimum absolute atomic E-state index is 0.134. The zero-order valence-corrected chi connectivity index (χ0v) is 22.8. The molecule has 1 unspecified atom stereocenters. The van der Waals surface area contributed by atoms with E-state index in [4.69, 9.17) is 9.97 Å². The lowest BCUT2D eigenvalue weighted by molar-refractivity contribution is 0.313. The average molecular weight is 501 g/mol. The summed E-state index contributed by atoms with van der Waals surface area (Å²) in [5.74, 6) is 1.69. The second-order valence-electron chi connectivity index (χ2n) is 10.1. The largest absolute Gasteiger partial charge is 0.369 e. The van der Waals surface area contributed by atoms with E-state index in [2.05, 4.69) is 103 Å². The van der Waals surface area contributed by atoms with Crippen LogP contribution in [0, 0.1) is 6.92 Å². The number of anilines is 2. The van der Waals surface area contributed by atoms with Crippen molar-refractivity contribution in [3.05, 3.63) is 70.9 Å². The van der Waals surface area contributed by atoms with Crippen LogP contribution in [0.5, 0.6) is 0 Å². The van der Waals surface area contributed by atoms with Crippen molar-refractivity contribution >= 4 is 33.7 Å². The second-order valence-corrected chi connectivity index (χ2v) is 11.2. The second kappa shape index (κ2) is 10.5. The molecule has 3 heterocycles. The van der Waals surface area contributed by atoms with Gasteiger partial charge in [-0.25, -0.2) is 9.97 Å². The minimum Gasteiger partial charge on any atom is -0.369 e. The number of nitrogens with zero attached hydrogens (tertiary/aromatic N) is 5. The number of fused-ring (bicyclic) bond motifs is 1. The van der Waals surface area contributed by atoms with Crippen LogP contribution in [-0.2, 0) is 6.54 Å². The number of hydrogen-bond acceptors (Lipinski definition) is 7. The summed E-state index contributed by atoms with van der Waals surface area (Å²) in [5, 5.41) is 4.80. The van der Waals surface area contributed by atoms with Crippen LogP contribution in [0.3, 0.4) is 0 Å². The van der Waals surface area contributed by atoms with Crippen LogP contribution < -0.4 is 10.2 Å². The van der Waals surface area contributed by atoms with Crippen molar-refractivity contribution in [1.29, 1.82) is 0 Å². The van der Waals surface area contributed by atoms with Gasteiger partial charge in [-0.3, -0.25) is 0 Å². The third kappa shape index (κ3) is 5.38. The fraction of sp³-hybridized carbons (Fsp3) is 0.379. The summed E-state index contributed by atoms with van der Waals surface area (Å²) in [7, 11) is 6.42. The molecule has 2 aromatic carbocycles. The van der Waals surface area contributed by atoms with Gasteiger partial charge in [0.2, 0.25) is 0 Å². The zero-order chi connectivity index (χ0) is 25.2. The molecule has 188 valence electrons. The fourth-order valence-corrected chi connectivity index (χ4v) is 5.92. The molecule has 0 bridgehead atoms. The highest BCUT2D eigenvalue weighted by Crippen LogP contribution is 2.36. The monoisotopic (exact) mass is 500 g/mol. The molecule has 1 N–H and O–H groups in total. The Balaban J connectivity index is 1.41. The Morgan fingerprint density at radius 2 is 1.78 bits per heavy atom. The quantitative estimate of drug-likeness (QED) is 0.354. The SMILES string of the molecule is Cc1nc(NC(C)c2ccc(-c3ccccc3CN(C)C)s2)c2cc(N3CCN(C)CC3)ccc2n1. The van der Waals surface area contributed by atoms with E-state index in [1.807, 2.05) is 18.3 Å². The van der Waals surface area contributed by atoms with Crippen LogP contribution in [0.1, 0.15) is 29.2 Å². The lowest BCUT2D eigenvalue weighted by Crippen LogP contribution is -2.44. The molecule has 1 atom stereocenters. The first-order valence-corrected chi connectivity index (χ1v) is 13.5. The van der Waals surface area contributed by atoms with Gasteiger partial charge in [-0.05, 0) is 76.4 Å². The molecule has 2 aromatic heterocycles. The third-order valence-corrected chi connectivity index (χ3v) is 8.14. The van der Waals surface area contributed by atoms with E-state index in [0.29, 0.717) is 0 Å². The molecular formula is C29H36N6S. The number of hydrogen-bond donors (Lipinski definition) is 1. The van der Waals surface area contributed by atoms with Crippen LogP contribution in [-0.4, -0.2) is 67.1 Å². The predicted octanol–water partition coefficient (Wildman–Crippen LogP) is 5.65. The maximum atomic E-state index is 4.83. The Labute approximate surface area is 218 Å². The average Bonchev–Trinajstić information content (AvgIpc) is 3.35. The molecule has 0 saturated carbocycles. The van der Waals surface area contributed by atoms with Gasteiger partial charge in [-0.2, -0.15) is 0 Å². The number of aromatic nitrogens is 2. The van der Waals surface area contributed by atoms with Gasteiger partial charge < -0.3 is 20.0 Å². The van der Waals surface area contributed by atoms with E-state index in [0.717, 1.165) is 55.3 Å². The van der Waals surface area contributed by atoms with Crippen LogP contribution in [0.15, 0.2) is 54.6 Å². The molecule has 1 aliphatic heterocycles. The van der Waals surface area contributed by atoms with E-state index in [9.17, 15) is 0 Å². The van der Waals surface area contributed by atoms with E-state index >= 15 is 0 Å². The van der Waals surface area contributed by atoms with Crippen LogP contribution in [0.4, 0.5) is 11.5 Å². The van der Waals surface area contributed by atoms with Gasteiger partial charge >= 0.3 is 0 Å². The maximum absolute atomic E-state index is 4.83. The highest BCUT2D eigenvalue weighted by molar-refractivity contribution is 7.15. The van der Waals surface area contributed by atoms with Crippen LogP contribution >= 0.6 is 11.3 Å². The molecule has 1 fully saturated rings. The Morgan fingerprint density at radius 1 is 1.00 bits per heavy atom. The Bertz CT molecular complexity index is 1340. The third-order valence-electron chi connectivity index (χ3n) is 6.84. The van der Waals surface area contributed by atoms with Gasteiger partial charge in [-0.1, -0.05) is 24.3 Å². The molecule has 0 amide bonds. The highest BCUT2D eigenvalue weighted by Gasteiger charge is 2.18. The smallest absolute Gasteiger partial charge is 0.138 e. The topological polar surface area (TPSA) is 47.5 Å². The molecule has 6 nitrogen and oxygen atoms in total. The molecule has 4 aromatic rings. The predicted molar refractivity (Wildman–Crippen MR) is 153 cm³/mol. The highest BCUT2D eigenvalue weighted by atomic mass is 32.1. The molecule has 0 spiro atoms. The lowest BCUT2D eigenvalue weighted by atomic mass is 10.1. The molecule has 36 heavy (non-hydrogen) atoms. The first-order chi connectivity index (χ1) is 17.4. The van der Waals surface area contributed by atoms with E-state index < -0.39 is 0 Å². The number of aryl methyl sites for hydroxylation is 1. The fourth-order valence-electron chi connectivity index (χ4n) is 4.85. The van der Waals surface area contributed by atoms with E-state index in [1.165, 1.54) is 26.6 Å². The van der Waals surface area contributed by atoms with Crippen molar-refractivity contribution in [2.45, 2.75) is 26.4 Å². The minimum atomic E-state index is 0.134.